The molecule has 15 heteroatoms. The molecule has 2 aromatic rings. The molecule has 0 aromatic carbocycles. The molecular weight excluding hydrogens is 328 g/mol. The van der Waals surface area contributed by atoms with E-state index in [0.717, 1.165) is 0 Å². The molecule has 0 fully saturated rings. The molecule has 2 aromatic heterocycles. The van der Waals surface area contributed by atoms with Gasteiger partial charge in [0.25, 0.3) is 0 Å². The highest BCUT2D eigenvalue weighted by atomic mass is 35.5. The van der Waals surface area contributed by atoms with E-state index >= 15 is 0 Å². The van der Waals surface area contributed by atoms with Crippen molar-refractivity contribution in [3.63, 3.8) is 0 Å². The Kier molecular flexibility index (Phi) is 9.53. The number of nitrogen functional groups attached to an aromatic ring is 4. The van der Waals surface area contributed by atoms with Crippen LogP contribution in [0, 0.1) is 0 Å². The number of nitrogens with one attached hydrogen (secondary N) is 1. The van der Waals surface area contributed by atoms with E-state index in [1.807, 2.05) is 0 Å². The van der Waals surface area contributed by atoms with Crippen molar-refractivity contribution in [2.45, 2.75) is 0 Å². The molecule has 14 nitrogen and oxygen atoms in total. The molecule has 0 unspecified atom stereocenters. The molecular formula is C8H19ClN14. The first-order valence-electron chi connectivity index (χ1n) is 5.86. The third-order valence-electron chi connectivity index (χ3n) is 1.57. The topological polar surface area (TPSA) is 272 Å². The summed E-state index contributed by atoms with van der Waals surface area (Å²) in [6.45, 7) is 0.475. The Morgan fingerprint density at radius 1 is 0.696 bits per heavy atom. The number of hydrogen-bond acceptors (Lipinski definition) is 14. The molecule has 0 radical (unpaired) electrons. The zero-order valence-corrected chi connectivity index (χ0v) is 12.8. The van der Waals surface area contributed by atoms with E-state index in [2.05, 4.69) is 46.7 Å². The van der Waals surface area contributed by atoms with E-state index in [4.69, 9.17) is 40.3 Å². The molecule has 15 N–H and O–H groups in total. The summed E-state index contributed by atoms with van der Waals surface area (Å²) in [5, 5.41) is 2.66. The van der Waals surface area contributed by atoms with Gasteiger partial charge in [0, 0.05) is 6.67 Å². The van der Waals surface area contributed by atoms with E-state index in [9.17, 15) is 0 Å². The largest absolute Gasteiger partial charge is 0.368 e. The monoisotopic (exact) mass is 346 g/mol. The molecule has 0 saturated carbocycles. The van der Waals surface area contributed by atoms with Crippen LogP contribution < -0.4 is 45.5 Å². The Bertz CT molecular complexity index is 520. The average molecular weight is 347 g/mol. The third kappa shape index (κ3) is 9.69. The van der Waals surface area contributed by atoms with Gasteiger partial charge in [0.2, 0.25) is 35.0 Å². The van der Waals surface area contributed by atoms with Crippen molar-refractivity contribution in [2.24, 2.45) is 17.2 Å². The second-order valence-electron chi connectivity index (χ2n) is 3.31. The van der Waals surface area contributed by atoms with Crippen LogP contribution in [0.1, 0.15) is 0 Å². The van der Waals surface area contributed by atoms with Gasteiger partial charge in [-0.05, 0) is 11.6 Å². The van der Waals surface area contributed by atoms with Crippen LogP contribution in [0.25, 0.3) is 0 Å². The van der Waals surface area contributed by atoms with Crippen LogP contribution in [-0.4, -0.2) is 43.2 Å². The molecule has 0 aliphatic rings. The summed E-state index contributed by atoms with van der Waals surface area (Å²) in [5.41, 5.74) is 35.2. The highest BCUT2D eigenvalue weighted by Crippen LogP contribution is 2.02. The number of nitrogens with zero attached hydrogens (tertiary/aromatic N) is 6. The minimum absolute atomic E-state index is 0.0139. The summed E-state index contributed by atoms with van der Waals surface area (Å²) < 4.78 is 0. The zero-order chi connectivity index (χ0) is 17.8. The lowest BCUT2D eigenvalue weighted by atomic mass is 10.8. The van der Waals surface area contributed by atoms with Crippen molar-refractivity contribution < 1.29 is 0 Å². The van der Waals surface area contributed by atoms with Gasteiger partial charge in [-0.25, -0.2) is 0 Å². The van der Waals surface area contributed by atoms with E-state index in [0.29, 0.717) is 0 Å². The maximum Gasteiger partial charge on any atom is 0.230 e. The molecule has 0 spiro atoms. The van der Waals surface area contributed by atoms with Gasteiger partial charge in [-0.3, -0.25) is 0 Å². The van der Waals surface area contributed by atoms with Gasteiger partial charge in [-0.15, -0.1) is 0 Å². The van der Waals surface area contributed by atoms with Gasteiger partial charge in [-0.2, -0.15) is 29.9 Å². The third-order valence-corrected chi connectivity index (χ3v) is 1.74. The molecule has 2 rings (SSSR count). The minimum Gasteiger partial charge on any atom is -0.368 e. The summed E-state index contributed by atoms with van der Waals surface area (Å²) in [7, 11) is 0. The summed E-state index contributed by atoms with van der Waals surface area (Å²) in [6, 6.07) is 0. The molecule has 0 bridgehead atoms. The van der Waals surface area contributed by atoms with Crippen molar-refractivity contribution >= 4 is 41.3 Å². The van der Waals surface area contributed by atoms with Crippen molar-refractivity contribution in [1.29, 1.82) is 0 Å². The van der Waals surface area contributed by atoms with Crippen LogP contribution in [0.5, 0.6) is 0 Å². The van der Waals surface area contributed by atoms with Crippen molar-refractivity contribution in [1.82, 2.24) is 29.9 Å². The SMILES string of the molecule is NCN.NCNc1nc(N)nc(N)n1.Nc1nc(N)nc(Cl)n1. The Balaban J connectivity index is 0.000000365. The number of rotatable bonds is 2. The highest BCUT2D eigenvalue weighted by Gasteiger charge is 1.98. The van der Waals surface area contributed by atoms with Gasteiger partial charge >= 0.3 is 0 Å². The zero-order valence-electron chi connectivity index (χ0n) is 12.0. The lowest BCUT2D eigenvalue weighted by Crippen LogP contribution is -2.15. The highest BCUT2D eigenvalue weighted by molar-refractivity contribution is 6.28. The predicted molar refractivity (Wildman–Crippen MR) is 88.2 cm³/mol. The number of anilines is 5. The molecule has 23 heavy (non-hydrogen) atoms. The maximum atomic E-state index is 5.33. The molecule has 0 aliphatic heterocycles. The number of halogens is 1. The number of aromatic nitrogens is 6. The van der Waals surface area contributed by atoms with Crippen molar-refractivity contribution in [3.05, 3.63) is 5.28 Å². The van der Waals surface area contributed by atoms with Crippen LogP contribution >= 0.6 is 11.6 Å². The van der Waals surface area contributed by atoms with Gasteiger partial charge in [0.1, 0.15) is 0 Å². The number of hydrogen-bond donors (Lipinski definition) is 8. The summed E-state index contributed by atoms with van der Waals surface area (Å²) in [6.07, 6.45) is 0. The fourth-order valence-electron chi connectivity index (χ4n) is 0.961. The van der Waals surface area contributed by atoms with Gasteiger partial charge in [0.15, 0.2) is 0 Å². The standard InChI is InChI=1S/C4H9N7.C3H4ClN5.CH6N2/c5-1-8-4-10-2(6)9-3(7)11-4;4-1-7-2(5)9-3(6)8-1;2-1-3/h1,5H2,(H5,6,7,8,9,10,11);(H4,5,6,7,8,9);1-3H2. The smallest absolute Gasteiger partial charge is 0.230 e. The van der Waals surface area contributed by atoms with E-state index < -0.39 is 0 Å². The Morgan fingerprint density at radius 2 is 1.04 bits per heavy atom. The van der Waals surface area contributed by atoms with Gasteiger partial charge < -0.3 is 45.5 Å². The summed E-state index contributed by atoms with van der Waals surface area (Å²) in [5.74, 6) is 0.513. The minimum atomic E-state index is 0.0139. The van der Waals surface area contributed by atoms with Crippen LogP contribution in [0.15, 0.2) is 0 Å². The summed E-state index contributed by atoms with van der Waals surface area (Å²) in [4.78, 5) is 21.4. The molecule has 0 atom stereocenters. The first kappa shape index (κ1) is 20.2. The molecule has 0 amide bonds. The second kappa shape index (κ2) is 10.9. The van der Waals surface area contributed by atoms with E-state index in [1.54, 1.807) is 0 Å². The van der Waals surface area contributed by atoms with Crippen LogP contribution in [0.3, 0.4) is 0 Å². The Morgan fingerprint density at radius 3 is 1.35 bits per heavy atom. The lowest BCUT2D eigenvalue weighted by molar-refractivity contribution is 1.02. The van der Waals surface area contributed by atoms with Crippen molar-refractivity contribution in [3.8, 4) is 0 Å². The lowest BCUT2D eigenvalue weighted by Gasteiger charge is -2.01. The maximum absolute atomic E-state index is 5.33. The van der Waals surface area contributed by atoms with Gasteiger partial charge in [-0.1, -0.05) is 0 Å². The van der Waals surface area contributed by atoms with Crippen molar-refractivity contribution in [2.75, 3.05) is 41.6 Å². The van der Waals surface area contributed by atoms with E-state index in [-0.39, 0.29) is 48.4 Å². The normalized spacial score (nSPS) is 9.04. The molecule has 128 valence electrons. The summed E-state index contributed by atoms with van der Waals surface area (Å²) >= 11 is 5.33. The van der Waals surface area contributed by atoms with Crippen LogP contribution in [-0.2, 0) is 0 Å². The molecule has 0 aliphatic carbocycles. The predicted octanol–water partition coefficient (Wildman–Crippen LogP) is -3.09. The number of nitrogens with two attached hydrogens (primary N) is 7. The first-order valence-corrected chi connectivity index (χ1v) is 6.23. The second-order valence-corrected chi connectivity index (χ2v) is 3.65. The Labute approximate surface area is 136 Å². The first-order chi connectivity index (χ1) is 10.8. The molecule has 0 saturated heterocycles. The average Bonchev–Trinajstić information content (AvgIpc) is 2.37. The fraction of sp³-hybridized carbons (Fsp3) is 0.250. The quantitative estimate of drug-likeness (QED) is 0.250. The van der Waals surface area contributed by atoms with E-state index in [1.165, 1.54) is 0 Å². The fourth-order valence-corrected chi connectivity index (χ4v) is 1.13. The van der Waals surface area contributed by atoms with Gasteiger partial charge in [0.05, 0.1) is 6.67 Å². The van der Waals surface area contributed by atoms with Crippen LogP contribution in [0.4, 0.5) is 29.7 Å². The Hall–Kier alpha value is -2.81. The molecule has 2 heterocycles. The van der Waals surface area contributed by atoms with Crippen LogP contribution in [0.2, 0.25) is 5.28 Å².